The highest BCUT2D eigenvalue weighted by Crippen LogP contribution is 2.21. The van der Waals surface area contributed by atoms with Crippen LogP contribution in [0.25, 0.3) is 0 Å². The molecule has 0 fully saturated rings. The maximum absolute atomic E-state index is 11.8. The van der Waals surface area contributed by atoms with Gasteiger partial charge in [-0.2, -0.15) is 0 Å². The SMILES string of the molecule is Cc1c(COCCF)cccc1[N+](=O)[O-]. The Balaban J connectivity index is 2.80. The molecule has 82 valence electrons. The zero-order chi connectivity index (χ0) is 11.3. The Hall–Kier alpha value is -1.49. The predicted octanol–water partition coefficient (Wildman–Crippen LogP) is 2.39. The van der Waals surface area contributed by atoms with E-state index in [0.717, 1.165) is 5.56 Å². The molecule has 0 atom stereocenters. The molecule has 0 saturated heterocycles. The van der Waals surface area contributed by atoms with Crippen LogP contribution in [0.4, 0.5) is 10.1 Å². The molecule has 4 nitrogen and oxygen atoms in total. The molecule has 5 heteroatoms. The first-order valence-corrected chi connectivity index (χ1v) is 4.53. The van der Waals surface area contributed by atoms with Crippen LogP contribution in [0.5, 0.6) is 0 Å². The van der Waals surface area contributed by atoms with Gasteiger partial charge in [-0.25, -0.2) is 4.39 Å². The van der Waals surface area contributed by atoms with Gasteiger partial charge in [0.15, 0.2) is 0 Å². The third-order valence-electron chi connectivity index (χ3n) is 2.09. The number of alkyl halides is 1. The fourth-order valence-electron chi connectivity index (χ4n) is 1.26. The maximum atomic E-state index is 11.8. The molecule has 1 aromatic rings. The number of hydrogen-bond acceptors (Lipinski definition) is 3. The number of hydrogen-bond donors (Lipinski definition) is 0. The number of ether oxygens (including phenoxy) is 1. The maximum Gasteiger partial charge on any atom is 0.272 e. The molecule has 0 heterocycles. The number of benzene rings is 1. The van der Waals surface area contributed by atoms with Gasteiger partial charge in [-0.1, -0.05) is 12.1 Å². The summed E-state index contributed by atoms with van der Waals surface area (Å²) in [4.78, 5) is 10.2. The van der Waals surface area contributed by atoms with Crippen molar-refractivity contribution in [3.05, 3.63) is 39.4 Å². The van der Waals surface area contributed by atoms with Crippen molar-refractivity contribution < 1.29 is 14.1 Å². The second kappa shape index (κ2) is 5.41. The van der Waals surface area contributed by atoms with Gasteiger partial charge >= 0.3 is 0 Å². The van der Waals surface area contributed by atoms with E-state index in [0.29, 0.717) is 5.56 Å². The summed E-state index contributed by atoms with van der Waals surface area (Å²) in [5, 5.41) is 10.6. The van der Waals surface area contributed by atoms with E-state index in [4.69, 9.17) is 4.74 Å². The fourth-order valence-corrected chi connectivity index (χ4v) is 1.26. The summed E-state index contributed by atoms with van der Waals surface area (Å²) >= 11 is 0. The molecule has 0 spiro atoms. The number of nitrogens with zero attached hydrogens (tertiary/aromatic N) is 1. The molecule has 0 aliphatic heterocycles. The minimum absolute atomic E-state index is 0.0160. The smallest absolute Gasteiger partial charge is 0.272 e. The van der Waals surface area contributed by atoms with Crippen LogP contribution >= 0.6 is 0 Å². The molecule has 0 aliphatic carbocycles. The summed E-state index contributed by atoms with van der Waals surface area (Å²) in [5.41, 5.74) is 1.36. The Morgan fingerprint density at radius 3 is 2.87 bits per heavy atom. The van der Waals surface area contributed by atoms with E-state index in [1.807, 2.05) is 0 Å². The third kappa shape index (κ3) is 2.99. The zero-order valence-electron chi connectivity index (χ0n) is 8.40. The Morgan fingerprint density at radius 2 is 2.27 bits per heavy atom. The Bertz CT molecular complexity index is 355. The lowest BCUT2D eigenvalue weighted by Crippen LogP contribution is -2.01. The fraction of sp³-hybridized carbons (Fsp3) is 0.400. The third-order valence-corrected chi connectivity index (χ3v) is 2.09. The highest BCUT2D eigenvalue weighted by molar-refractivity contribution is 5.44. The van der Waals surface area contributed by atoms with Gasteiger partial charge in [0.2, 0.25) is 0 Å². The molecular formula is C10H12FNO3. The Kier molecular flexibility index (Phi) is 4.17. The minimum atomic E-state index is -0.548. The van der Waals surface area contributed by atoms with Gasteiger partial charge in [-0.3, -0.25) is 10.1 Å². The van der Waals surface area contributed by atoms with Crippen molar-refractivity contribution in [2.45, 2.75) is 13.5 Å². The first-order chi connectivity index (χ1) is 7.16. The van der Waals surface area contributed by atoms with E-state index in [2.05, 4.69) is 0 Å². The van der Waals surface area contributed by atoms with Crippen LogP contribution in [0.3, 0.4) is 0 Å². The highest BCUT2D eigenvalue weighted by atomic mass is 19.1. The number of nitro benzene ring substituents is 1. The molecule has 0 radical (unpaired) electrons. The molecule has 0 N–H and O–H groups in total. The van der Waals surface area contributed by atoms with Crippen molar-refractivity contribution in [1.29, 1.82) is 0 Å². The van der Waals surface area contributed by atoms with Gasteiger partial charge in [0.25, 0.3) is 5.69 Å². The summed E-state index contributed by atoms with van der Waals surface area (Å²) in [5.74, 6) is 0. The quantitative estimate of drug-likeness (QED) is 0.428. The van der Waals surface area contributed by atoms with E-state index in [1.165, 1.54) is 6.07 Å². The molecule has 15 heavy (non-hydrogen) atoms. The van der Waals surface area contributed by atoms with Gasteiger partial charge in [0.1, 0.15) is 6.67 Å². The Labute approximate surface area is 86.8 Å². The molecule has 0 aromatic heterocycles. The van der Waals surface area contributed by atoms with Crippen LogP contribution < -0.4 is 0 Å². The highest BCUT2D eigenvalue weighted by Gasteiger charge is 2.12. The monoisotopic (exact) mass is 213 g/mol. The van der Waals surface area contributed by atoms with E-state index >= 15 is 0 Å². The van der Waals surface area contributed by atoms with E-state index in [-0.39, 0.29) is 18.9 Å². The van der Waals surface area contributed by atoms with Gasteiger partial charge in [0.05, 0.1) is 18.1 Å². The van der Waals surface area contributed by atoms with Gasteiger partial charge in [-0.15, -0.1) is 0 Å². The van der Waals surface area contributed by atoms with Crippen molar-refractivity contribution in [3.8, 4) is 0 Å². The van der Waals surface area contributed by atoms with Crippen LogP contribution in [0.15, 0.2) is 18.2 Å². The van der Waals surface area contributed by atoms with Crippen molar-refractivity contribution in [2.75, 3.05) is 13.3 Å². The van der Waals surface area contributed by atoms with Crippen molar-refractivity contribution in [2.24, 2.45) is 0 Å². The summed E-state index contributed by atoms with van der Waals surface area (Å²) in [6, 6.07) is 4.77. The summed E-state index contributed by atoms with van der Waals surface area (Å²) in [6.07, 6.45) is 0. The van der Waals surface area contributed by atoms with Crippen LogP contribution in [-0.4, -0.2) is 18.2 Å². The van der Waals surface area contributed by atoms with Crippen molar-refractivity contribution >= 4 is 5.69 Å². The lowest BCUT2D eigenvalue weighted by atomic mass is 10.1. The number of halogens is 1. The molecule has 1 aromatic carbocycles. The standard InChI is InChI=1S/C10H12FNO3/c1-8-9(7-15-6-5-11)3-2-4-10(8)12(13)14/h2-4H,5-7H2,1H3. The molecule has 0 amide bonds. The molecule has 0 saturated carbocycles. The second-order valence-corrected chi connectivity index (χ2v) is 3.06. The molecule has 0 bridgehead atoms. The molecule has 1 rings (SSSR count). The summed E-state index contributed by atoms with van der Waals surface area (Å²) in [7, 11) is 0. The van der Waals surface area contributed by atoms with Crippen LogP contribution in [0.1, 0.15) is 11.1 Å². The summed E-state index contributed by atoms with van der Waals surface area (Å²) < 4.78 is 16.8. The number of rotatable bonds is 5. The topological polar surface area (TPSA) is 52.4 Å². The minimum Gasteiger partial charge on any atom is -0.374 e. The zero-order valence-corrected chi connectivity index (χ0v) is 8.40. The molecule has 0 aliphatic rings. The van der Waals surface area contributed by atoms with Crippen molar-refractivity contribution in [3.63, 3.8) is 0 Å². The van der Waals surface area contributed by atoms with Gasteiger partial charge in [-0.05, 0) is 12.5 Å². The number of nitro groups is 1. The van der Waals surface area contributed by atoms with E-state index in [1.54, 1.807) is 19.1 Å². The first-order valence-electron chi connectivity index (χ1n) is 4.53. The first kappa shape index (κ1) is 11.6. The molecular weight excluding hydrogens is 201 g/mol. The van der Waals surface area contributed by atoms with Crippen LogP contribution in [-0.2, 0) is 11.3 Å². The lowest BCUT2D eigenvalue weighted by Gasteiger charge is -2.05. The van der Waals surface area contributed by atoms with Crippen LogP contribution in [0, 0.1) is 17.0 Å². The summed E-state index contributed by atoms with van der Waals surface area (Å²) in [6.45, 7) is 1.33. The average Bonchev–Trinajstić information content (AvgIpc) is 2.20. The van der Waals surface area contributed by atoms with Gasteiger partial charge < -0.3 is 4.74 Å². The van der Waals surface area contributed by atoms with Crippen LogP contribution in [0.2, 0.25) is 0 Å². The lowest BCUT2D eigenvalue weighted by molar-refractivity contribution is -0.385. The second-order valence-electron chi connectivity index (χ2n) is 3.06. The average molecular weight is 213 g/mol. The molecule has 0 unspecified atom stereocenters. The Morgan fingerprint density at radius 1 is 1.53 bits per heavy atom. The van der Waals surface area contributed by atoms with E-state index in [9.17, 15) is 14.5 Å². The normalized spacial score (nSPS) is 10.3. The van der Waals surface area contributed by atoms with E-state index < -0.39 is 11.6 Å². The largest absolute Gasteiger partial charge is 0.374 e. The van der Waals surface area contributed by atoms with Gasteiger partial charge in [0, 0.05) is 11.6 Å². The predicted molar refractivity (Wildman–Crippen MR) is 53.5 cm³/mol. The van der Waals surface area contributed by atoms with Crippen molar-refractivity contribution in [1.82, 2.24) is 0 Å².